The van der Waals surface area contributed by atoms with Crippen LogP contribution in [0.3, 0.4) is 0 Å². The maximum atomic E-state index is 12.0. The molecule has 0 saturated carbocycles. The van der Waals surface area contributed by atoms with Crippen LogP contribution in [-0.2, 0) is 53.0 Å². The Hall–Kier alpha value is -2.81. The first-order chi connectivity index (χ1) is 21.1. The molecule has 0 aliphatic carbocycles. The number of carboxylic acid groups (broad SMARTS) is 3. The van der Waals surface area contributed by atoms with Gasteiger partial charge in [0.1, 0.15) is 12.7 Å². The van der Waals surface area contributed by atoms with Gasteiger partial charge >= 0.3 is 29.8 Å². The minimum atomic E-state index is -0.912. The summed E-state index contributed by atoms with van der Waals surface area (Å²) in [4.78, 5) is 74.7. The molecule has 1 unspecified atom stereocenters. The van der Waals surface area contributed by atoms with Gasteiger partial charge < -0.3 is 24.8 Å². The van der Waals surface area contributed by atoms with Crippen molar-refractivity contribution < 1.29 is 68.3 Å². The van der Waals surface area contributed by atoms with Gasteiger partial charge in [-0.3, -0.25) is 24.0 Å². The predicted octanol–water partition coefficient (Wildman–Crippen LogP) is 5.35. The summed E-state index contributed by atoms with van der Waals surface area (Å²) in [5.41, 5.74) is -1.01. The van der Waals surface area contributed by atoms with E-state index >= 15 is 0 Å². The molecule has 0 heterocycles. The van der Waals surface area contributed by atoms with Crippen LogP contribution in [0.1, 0.15) is 119 Å². The highest BCUT2D eigenvalue weighted by atomic mass is 17.2. The third kappa shape index (κ3) is 27.2. The second-order valence-corrected chi connectivity index (χ2v) is 11.7. The average molecular weight is 653 g/mol. The van der Waals surface area contributed by atoms with Crippen molar-refractivity contribution in [2.45, 2.75) is 125 Å². The number of carbonyl (C=O) groups excluding carboxylic acids is 2. The third-order valence-corrected chi connectivity index (χ3v) is 6.82. The van der Waals surface area contributed by atoms with Gasteiger partial charge in [0.25, 0.3) is 0 Å². The van der Waals surface area contributed by atoms with Gasteiger partial charge in [0, 0.05) is 19.3 Å². The molecule has 0 rings (SSSR count). The van der Waals surface area contributed by atoms with Gasteiger partial charge in [-0.05, 0) is 79.1 Å². The van der Waals surface area contributed by atoms with Gasteiger partial charge in [0.2, 0.25) is 0 Å². The molecule has 0 bridgehead atoms. The molecule has 0 aliphatic rings. The van der Waals surface area contributed by atoms with E-state index in [4.69, 9.17) is 44.3 Å². The molecule has 3 N–H and O–H groups in total. The van der Waals surface area contributed by atoms with Crippen LogP contribution < -0.4 is 0 Å². The first kappa shape index (κ1) is 44.3. The minimum Gasteiger partial charge on any atom is -0.481 e. The van der Waals surface area contributed by atoms with Crippen molar-refractivity contribution in [3.05, 3.63) is 0 Å². The molecule has 14 nitrogen and oxygen atoms in total. The summed E-state index contributed by atoms with van der Waals surface area (Å²) in [6.07, 6.45) is 4.72. The van der Waals surface area contributed by atoms with E-state index in [2.05, 4.69) is 0 Å². The first-order valence-electron chi connectivity index (χ1n) is 15.6. The molecule has 0 aromatic heterocycles. The molecule has 0 aromatic rings. The monoisotopic (exact) mass is 652 g/mol. The van der Waals surface area contributed by atoms with Crippen LogP contribution in [0.25, 0.3) is 0 Å². The Labute approximate surface area is 266 Å². The fraction of sp³-hybridized carbons (Fsp3) is 0.839. The quantitative estimate of drug-likeness (QED) is 0.0443. The van der Waals surface area contributed by atoms with Crippen LogP contribution >= 0.6 is 0 Å². The van der Waals surface area contributed by atoms with Gasteiger partial charge in [-0.1, -0.05) is 20.3 Å². The predicted molar refractivity (Wildman–Crippen MR) is 162 cm³/mol. The lowest BCUT2D eigenvalue weighted by Gasteiger charge is -2.23. The van der Waals surface area contributed by atoms with Gasteiger partial charge in [-0.2, -0.15) is 0 Å². The van der Waals surface area contributed by atoms with E-state index in [1.54, 1.807) is 13.8 Å². The van der Waals surface area contributed by atoms with Crippen LogP contribution in [-0.4, -0.2) is 84.3 Å². The number of carboxylic acids is 3. The molecule has 14 heteroatoms. The Bertz CT molecular complexity index is 840. The normalized spacial score (nSPS) is 12.0. The highest BCUT2D eigenvalue weighted by molar-refractivity contribution is 5.76. The Morgan fingerprint density at radius 2 is 0.978 bits per heavy atom. The third-order valence-electron chi connectivity index (χ3n) is 6.82. The molecule has 0 aliphatic heterocycles. The summed E-state index contributed by atoms with van der Waals surface area (Å²) in [6, 6.07) is 0. The van der Waals surface area contributed by atoms with Crippen LogP contribution in [0.15, 0.2) is 0 Å². The molecule has 1 atom stereocenters. The number of hydrogen-bond donors (Lipinski definition) is 3. The topological polar surface area (TPSA) is 201 Å². The van der Waals surface area contributed by atoms with E-state index in [9.17, 15) is 24.0 Å². The maximum Gasteiger partial charge on any atom is 0.311 e. The smallest absolute Gasteiger partial charge is 0.311 e. The lowest BCUT2D eigenvalue weighted by molar-refractivity contribution is -0.330. The van der Waals surface area contributed by atoms with Gasteiger partial charge in [0.05, 0.1) is 37.3 Å². The summed E-state index contributed by atoms with van der Waals surface area (Å²) in [5.74, 6) is -3.13. The van der Waals surface area contributed by atoms with E-state index in [-0.39, 0.29) is 51.0 Å². The fourth-order valence-corrected chi connectivity index (χ4v) is 2.91. The number of rotatable bonds is 27. The Balaban J connectivity index is 0. The number of hydrogen-bond acceptors (Lipinski definition) is 11. The number of ether oxygens (including phenoxy) is 2. The second kappa shape index (κ2) is 26.4. The minimum absolute atomic E-state index is 0.00820. The SMILES string of the molecule is CCC(C)(C)C(=O)OCC(CCCCC(=O)O)OOCCCC(=O)O.CCC(C)(C)C(=O)OCCCCOOCCCC(=O)O. The standard InChI is InChI=1S/C17H30O8.C14H26O6/c1-4-17(2,3)16(22)23-12-13(8-5-6-9-14(18)19)25-24-11-7-10-15(20)21;1-4-14(2,3)13(17)18-9-5-6-10-19-20-11-7-8-12(15)16/h13H,4-12H2,1-3H3,(H,18,19)(H,20,21);4-11H2,1-3H3,(H,15,16). The Kier molecular flexibility index (Phi) is 26.0. The molecule has 0 radical (unpaired) electrons. The van der Waals surface area contributed by atoms with E-state index in [0.717, 1.165) is 12.8 Å². The molecule has 0 spiro atoms. The second-order valence-electron chi connectivity index (χ2n) is 11.7. The van der Waals surface area contributed by atoms with Crippen molar-refractivity contribution in [1.82, 2.24) is 0 Å². The van der Waals surface area contributed by atoms with Crippen LogP contribution in [0.4, 0.5) is 0 Å². The zero-order valence-corrected chi connectivity index (χ0v) is 27.9. The van der Waals surface area contributed by atoms with Crippen molar-refractivity contribution >= 4 is 29.8 Å². The van der Waals surface area contributed by atoms with Crippen molar-refractivity contribution in [3.8, 4) is 0 Å². The van der Waals surface area contributed by atoms with Crippen LogP contribution in [0, 0.1) is 10.8 Å². The van der Waals surface area contributed by atoms with Gasteiger partial charge in [-0.25, -0.2) is 19.6 Å². The summed E-state index contributed by atoms with van der Waals surface area (Å²) in [5, 5.41) is 25.6. The molecule has 0 fully saturated rings. The Morgan fingerprint density at radius 1 is 0.556 bits per heavy atom. The Morgan fingerprint density at radius 3 is 1.47 bits per heavy atom. The largest absolute Gasteiger partial charge is 0.481 e. The zero-order chi connectivity index (χ0) is 34.7. The summed E-state index contributed by atoms with van der Waals surface area (Å²) in [6.45, 7) is 12.3. The van der Waals surface area contributed by atoms with E-state index in [1.165, 1.54) is 0 Å². The average Bonchev–Trinajstić information content (AvgIpc) is 2.97. The number of esters is 2. The molecule has 0 aromatic carbocycles. The van der Waals surface area contributed by atoms with Crippen molar-refractivity contribution in [2.75, 3.05) is 33.0 Å². The molecular formula is C31H56O14. The maximum absolute atomic E-state index is 12.0. The van der Waals surface area contributed by atoms with Crippen LogP contribution in [0.2, 0.25) is 0 Å². The van der Waals surface area contributed by atoms with Crippen molar-refractivity contribution in [1.29, 1.82) is 0 Å². The fourth-order valence-electron chi connectivity index (χ4n) is 2.91. The van der Waals surface area contributed by atoms with Crippen molar-refractivity contribution in [3.63, 3.8) is 0 Å². The molecule has 45 heavy (non-hydrogen) atoms. The molecular weight excluding hydrogens is 596 g/mol. The van der Waals surface area contributed by atoms with Crippen molar-refractivity contribution in [2.24, 2.45) is 10.8 Å². The van der Waals surface area contributed by atoms with Gasteiger partial charge in [0.15, 0.2) is 0 Å². The van der Waals surface area contributed by atoms with Crippen LogP contribution in [0.5, 0.6) is 0 Å². The lowest BCUT2D eigenvalue weighted by Crippen LogP contribution is -2.30. The summed E-state index contributed by atoms with van der Waals surface area (Å²) in [7, 11) is 0. The van der Waals surface area contributed by atoms with E-state index < -0.39 is 34.8 Å². The first-order valence-corrected chi connectivity index (χ1v) is 15.6. The number of carbonyl (C=O) groups is 5. The summed E-state index contributed by atoms with van der Waals surface area (Å²) >= 11 is 0. The lowest BCUT2D eigenvalue weighted by atomic mass is 9.91. The molecule has 0 amide bonds. The molecule has 0 saturated heterocycles. The molecule has 264 valence electrons. The highest BCUT2D eigenvalue weighted by Gasteiger charge is 2.28. The highest BCUT2D eigenvalue weighted by Crippen LogP contribution is 2.22. The van der Waals surface area contributed by atoms with E-state index in [1.807, 2.05) is 27.7 Å². The number of aliphatic carboxylic acids is 3. The number of unbranched alkanes of at least 4 members (excludes halogenated alkanes) is 2. The zero-order valence-electron chi connectivity index (χ0n) is 27.9. The van der Waals surface area contributed by atoms with E-state index in [0.29, 0.717) is 58.2 Å². The van der Waals surface area contributed by atoms with Gasteiger partial charge in [-0.15, -0.1) is 0 Å². The summed E-state index contributed by atoms with van der Waals surface area (Å²) < 4.78 is 10.4.